The average molecular weight is 493 g/mol. The van der Waals surface area contributed by atoms with Gasteiger partial charge in [-0.1, -0.05) is 25.1 Å². The van der Waals surface area contributed by atoms with E-state index in [0.29, 0.717) is 37.6 Å². The Morgan fingerprint density at radius 1 is 1.07 bits per heavy atom. The predicted molar refractivity (Wildman–Crippen MR) is 122 cm³/mol. The highest BCUT2D eigenvalue weighted by Crippen LogP contribution is 2.21. The van der Waals surface area contributed by atoms with E-state index in [1.54, 1.807) is 17.0 Å². The number of benzene rings is 1. The molecule has 9 heteroatoms. The minimum atomic E-state index is -0.248. The Hall–Kier alpha value is -2.23. The second-order valence-corrected chi connectivity index (χ2v) is 9.47. The highest BCUT2D eigenvalue weighted by molar-refractivity contribution is 9.11. The molecule has 2 N–H and O–H groups in total. The van der Waals surface area contributed by atoms with Crippen molar-refractivity contribution >= 4 is 50.7 Å². The fourth-order valence-corrected chi connectivity index (χ4v) is 4.59. The first-order valence-electron chi connectivity index (χ1n) is 9.87. The number of carbonyl (C=O) groups is 3. The highest BCUT2D eigenvalue weighted by Gasteiger charge is 2.23. The zero-order valence-corrected chi connectivity index (χ0v) is 19.2. The van der Waals surface area contributed by atoms with Gasteiger partial charge in [0.05, 0.1) is 21.8 Å². The normalized spacial score (nSPS) is 14.4. The summed E-state index contributed by atoms with van der Waals surface area (Å²) in [5.74, 6) is -0.410. The molecule has 0 spiro atoms. The van der Waals surface area contributed by atoms with Gasteiger partial charge in [-0.15, -0.1) is 11.3 Å². The zero-order chi connectivity index (χ0) is 21.5. The van der Waals surface area contributed by atoms with Crippen LogP contribution in [0.1, 0.15) is 22.2 Å². The lowest BCUT2D eigenvalue weighted by Crippen LogP contribution is -2.52. The number of anilines is 1. The van der Waals surface area contributed by atoms with Gasteiger partial charge in [-0.05, 0) is 46.1 Å². The summed E-state index contributed by atoms with van der Waals surface area (Å²) >= 11 is 4.65. The summed E-state index contributed by atoms with van der Waals surface area (Å²) in [7, 11) is 0. The molecule has 1 fully saturated rings. The molecule has 0 radical (unpaired) electrons. The van der Waals surface area contributed by atoms with Crippen LogP contribution < -0.4 is 10.6 Å². The molecule has 30 heavy (non-hydrogen) atoms. The van der Waals surface area contributed by atoms with Crippen molar-refractivity contribution in [2.24, 2.45) is 0 Å². The number of carbonyl (C=O) groups excluding carboxylic acids is 3. The Balaban J connectivity index is 1.40. The molecule has 0 atom stereocenters. The fourth-order valence-electron chi connectivity index (χ4n) is 3.29. The molecule has 0 aliphatic carbocycles. The lowest BCUT2D eigenvalue weighted by Gasteiger charge is -2.34. The average Bonchev–Trinajstić information content (AvgIpc) is 3.19. The molecular formula is C21H25BrN4O3S. The summed E-state index contributed by atoms with van der Waals surface area (Å²) in [6.07, 6.45) is 0.859. The summed E-state index contributed by atoms with van der Waals surface area (Å²) in [5.41, 5.74) is 1.96. The van der Waals surface area contributed by atoms with E-state index in [1.165, 1.54) is 11.3 Å². The fraction of sp³-hybridized carbons (Fsp3) is 0.381. The Labute approximate surface area is 188 Å². The van der Waals surface area contributed by atoms with Gasteiger partial charge in [0.1, 0.15) is 0 Å². The molecule has 0 unspecified atom stereocenters. The first-order chi connectivity index (χ1) is 14.5. The number of nitrogens with one attached hydrogen (secondary N) is 2. The minimum Gasteiger partial charge on any atom is -0.342 e. The van der Waals surface area contributed by atoms with E-state index in [2.05, 4.69) is 33.5 Å². The minimum absolute atomic E-state index is 0.0252. The molecule has 0 bridgehead atoms. The molecule has 1 aliphatic rings. The van der Waals surface area contributed by atoms with Crippen LogP contribution >= 0.6 is 27.3 Å². The van der Waals surface area contributed by atoms with Gasteiger partial charge in [0.2, 0.25) is 11.8 Å². The van der Waals surface area contributed by atoms with E-state index in [1.807, 2.05) is 29.2 Å². The summed E-state index contributed by atoms with van der Waals surface area (Å²) < 4.78 is 0.873. The monoisotopic (exact) mass is 492 g/mol. The van der Waals surface area contributed by atoms with Gasteiger partial charge in [-0.3, -0.25) is 19.3 Å². The summed E-state index contributed by atoms with van der Waals surface area (Å²) in [6, 6.07) is 11.3. The van der Waals surface area contributed by atoms with Gasteiger partial charge < -0.3 is 15.5 Å². The topological polar surface area (TPSA) is 81.8 Å². The van der Waals surface area contributed by atoms with Crippen molar-refractivity contribution in [2.45, 2.75) is 13.3 Å². The lowest BCUT2D eigenvalue weighted by molar-refractivity contribution is -0.132. The number of halogens is 1. The van der Waals surface area contributed by atoms with E-state index in [-0.39, 0.29) is 24.3 Å². The molecule has 1 aliphatic heterocycles. The Bertz CT molecular complexity index is 909. The van der Waals surface area contributed by atoms with Gasteiger partial charge in [0, 0.05) is 31.9 Å². The molecule has 160 valence electrons. The maximum Gasteiger partial charge on any atom is 0.261 e. The van der Waals surface area contributed by atoms with Crippen molar-refractivity contribution in [1.29, 1.82) is 0 Å². The molecule has 2 heterocycles. The van der Waals surface area contributed by atoms with Crippen LogP contribution in [0.4, 0.5) is 5.69 Å². The third-order valence-corrected chi connectivity index (χ3v) is 6.58. The number of hydrogen-bond donors (Lipinski definition) is 2. The van der Waals surface area contributed by atoms with Crippen LogP contribution in [0.2, 0.25) is 0 Å². The van der Waals surface area contributed by atoms with Gasteiger partial charge in [0.15, 0.2) is 0 Å². The van der Waals surface area contributed by atoms with Crippen LogP contribution in [-0.2, 0) is 16.0 Å². The molecule has 1 saturated heterocycles. The standard InChI is InChI=1S/C21H25BrN4O3S/c1-2-15-5-3-4-6-16(15)24-19(27)14-25-9-11-26(12-10-25)20(28)13-23-21(29)17-7-8-18(22)30-17/h3-8H,2,9-14H2,1H3,(H,23,29)(H,24,27). The predicted octanol–water partition coefficient (Wildman–Crippen LogP) is 2.59. The smallest absolute Gasteiger partial charge is 0.261 e. The van der Waals surface area contributed by atoms with Gasteiger partial charge in [-0.25, -0.2) is 0 Å². The Morgan fingerprint density at radius 3 is 2.47 bits per heavy atom. The second-order valence-electron chi connectivity index (χ2n) is 7.00. The number of thiophene rings is 1. The summed E-state index contributed by atoms with van der Waals surface area (Å²) in [5, 5.41) is 5.65. The third-order valence-electron chi connectivity index (χ3n) is 4.96. The summed E-state index contributed by atoms with van der Waals surface area (Å²) in [6.45, 7) is 4.66. The van der Waals surface area contributed by atoms with Crippen molar-refractivity contribution < 1.29 is 14.4 Å². The van der Waals surface area contributed by atoms with Crippen LogP contribution in [0.5, 0.6) is 0 Å². The second kappa shape index (κ2) is 10.7. The number of piperazine rings is 1. The zero-order valence-electron chi connectivity index (χ0n) is 16.8. The first kappa shape index (κ1) is 22.5. The maximum atomic E-state index is 12.4. The number of aryl methyl sites for hydroxylation is 1. The van der Waals surface area contributed by atoms with E-state index in [9.17, 15) is 14.4 Å². The molecule has 3 amide bonds. The van der Waals surface area contributed by atoms with Crippen LogP contribution in [0.15, 0.2) is 40.2 Å². The van der Waals surface area contributed by atoms with Crippen molar-refractivity contribution in [2.75, 3.05) is 44.6 Å². The quantitative estimate of drug-likeness (QED) is 0.622. The number of hydrogen-bond acceptors (Lipinski definition) is 5. The SMILES string of the molecule is CCc1ccccc1NC(=O)CN1CCN(C(=O)CNC(=O)c2ccc(Br)s2)CC1. The third kappa shape index (κ3) is 6.13. The Kier molecular flexibility index (Phi) is 8.01. The van der Waals surface area contributed by atoms with Crippen molar-refractivity contribution in [3.8, 4) is 0 Å². The van der Waals surface area contributed by atoms with E-state index in [4.69, 9.17) is 0 Å². The molecule has 1 aromatic heterocycles. The van der Waals surface area contributed by atoms with E-state index >= 15 is 0 Å². The van der Waals surface area contributed by atoms with E-state index < -0.39 is 0 Å². The Morgan fingerprint density at radius 2 is 1.80 bits per heavy atom. The number of rotatable bonds is 7. The van der Waals surface area contributed by atoms with Crippen molar-refractivity contribution in [1.82, 2.24) is 15.1 Å². The summed E-state index contributed by atoms with van der Waals surface area (Å²) in [4.78, 5) is 41.2. The van der Waals surface area contributed by atoms with Gasteiger partial charge in [-0.2, -0.15) is 0 Å². The molecular weight excluding hydrogens is 468 g/mol. The molecule has 2 aromatic rings. The number of nitrogens with zero attached hydrogens (tertiary/aromatic N) is 2. The molecule has 7 nitrogen and oxygen atoms in total. The van der Waals surface area contributed by atoms with Crippen molar-refractivity contribution in [3.05, 3.63) is 50.6 Å². The van der Waals surface area contributed by atoms with Crippen LogP contribution in [0, 0.1) is 0 Å². The molecule has 3 rings (SSSR count). The van der Waals surface area contributed by atoms with Crippen LogP contribution in [-0.4, -0.2) is 66.8 Å². The van der Waals surface area contributed by atoms with Gasteiger partial charge in [0.25, 0.3) is 5.91 Å². The largest absolute Gasteiger partial charge is 0.342 e. The van der Waals surface area contributed by atoms with Crippen LogP contribution in [0.3, 0.4) is 0 Å². The van der Waals surface area contributed by atoms with Gasteiger partial charge >= 0.3 is 0 Å². The number of para-hydroxylation sites is 1. The van der Waals surface area contributed by atoms with Crippen LogP contribution in [0.25, 0.3) is 0 Å². The van der Waals surface area contributed by atoms with E-state index in [0.717, 1.165) is 21.5 Å². The first-order valence-corrected chi connectivity index (χ1v) is 11.5. The molecule has 1 aromatic carbocycles. The van der Waals surface area contributed by atoms with Crippen molar-refractivity contribution in [3.63, 3.8) is 0 Å². The lowest BCUT2D eigenvalue weighted by atomic mass is 10.1. The molecule has 0 saturated carbocycles. The number of amides is 3. The highest BCUT2D eigenvalue weighted by atomic mass is 79.9. The maximum absolute atomic E-state index is 12.4.